The molecule has 96 valence electrons. The Morgan fingerprint density at radius 3 is 2.67 bits per heavy atom. The minimum absolute atomic E-state index is 0.0945. The molecule has 0 aliphatic carbocycles. The molecule has 0 bridgehead atoms. The van der Waals surface area contributed by atoms with Crippen molar-refractivity contribution in [2.24, 2.45) is 11.8 Å². The van der Waals surface area contributed by atoms with E-state index in [2.05, 4.69) is 61.1 Å². The van der Waals surface area contributed by atoms with E-state index in [0.717, 1.165) is 6.42 Å². The quantitative estimate of drug-likeness (QED) is 0.638. The average Bonchev–Trinajstić information content (AvgIpc) is 2.83. The molecule has 0 radical (unpaired) electrons. The van der Waals surface area contributed by atoms with Crippen LogP contribution in [0.2, 0.25) is 0 Å². The third kappa shape index (κ3) is 3.19. The van der Waals surface area contributed by atoms with E-state index >= 15 is 0 Å². The first-order valence-electron chi connectivity index (χ1n) is 6.29. The van der Waals surface area contributed by atoms with Gasteiger partial charge in [-0.3, -0.25) is 5.84 Å². The van der Waals surface area contributed by atoms with Crippen LogP contribution >= 0.6 is 11.3 Å². The van der Waals surface area contributed by atoms with E-state index in [1.54, 1.807) is 11.3 Å². The second-order valence-corrected chi connectivity index (χ2v) is 5.94. The third-order valence-corrected chi connectivity index (χ3v) is 3.86. The summed E-state index contributed by atoms with van der Waals surface area (Å²) in [5.41, 5.74) is 5.52. The molecule has 0 amide bonds. The minimum atomic E-state index is 0.0945. The lowest BCUT2D eigenvalue weighted by molar-refractivity contribution is 0.633. The molecule has 2 aromatic rings. The summed E-state index contributed by atoms with van der Waals surface area (Å²) in [4.78, 5) is 1.25. The molecule has 0 saturated heterocycles. The van der Waals surface area contributed by atoms with Crippen molar-refractivity contribution < 1.29 is 0 Å². The fraction of sp³-hybridized carbons (Fsp3) is 0.333. The van der Waals surface area contributed by atoms with Crippen molar-refractivity contribution in [3.05, 3.63) is 57.8 Å². The molecule has 0 aliphatic heterocycles. The van der Waals surface area contributed by atoms with Crippen LogP contribution in [0.1, 0.15) is 35.9 Å². The van der Waals surface area contributed by atoms with Gasteiger partial charge >= 0.3 is 0 Å². The maximum atomic E-state index is 5.70. The summed E-state index contributed by atoms with van der Waals surface area (Å²) in [7, 11) is 0. The lowest BCUT2D eigenvalue weighted by Gasteiger charge is -2.16. The Balaban J connectivity index is 2.26. The summed E-state index contributed by atoms with van der Waals surface area (Å²) in [5, 5.41) is 2.08. The van der Waals surface area contributed by atoms with E-state index in [1.807, 2.05) is 0 Å². The highest BCUT2D eigenvalue weighted by atomic mass is 32.1. The number of thiophene rings is 1. The van der Waals surface area contributed by atoms with Gasteiger partial charge in [-0.25, -0.2) is 5.43 Å². The Morgan fingerprint density at radius 2 is 2.06 bits per heavy atom. The van der Waals surface area contributed by atoms with E-state index in [1.165, 1.54) is 16.0 Å². The summed E-state index contributed by atoms with van der Waals surface area (Å²) in [6.07, 6.45) is 1.11. The smallest absolute Gasteiger partial charge is 0.0802 e. The molecule has 1 aromatic carbocycles. The zero-order valence-corrected chi connectivity index (χ0v) is 11.7. The molecule has 3 N–H and O–H groups in total. The molecule has 0 spiro atoms. The van der Waals surface area contributed by atoms with Gasteiger partial charge in [0.25, 0.3) is 0 Å². The summed E-state index contributed by atoms with van der Waals surface area (Å²) in [5.74, 6) is 6.38. The van der Waals surface area contributed by atoms with E-state index in [9.17, 15) is 0 Å². The van der Waals surface area contributed by atoms with Crippen LogP contribution in [0.25, 0.3) is 0 Å². The Labute approximate surface area is 113 Å². The molecular formula is C15H20N2S. The number of hydrogen-bond donors (Lipinski definition) is 2. The van der Waals surface area contributed by atoms with Crippen LogP contribution in [0.3, 0.4) is 0 Å². The molecular weight excluding hydrogens is 240 g/mol. The van der Waals surface area contributed by atoms with Gasteiger partial charge in [0.2, 0.25) is 0 Å². The third-order valence-electron chi connectivity index (χ3n) is 2.92. The van der Waals surface area contributed by atoms with Crippen molar-refractivity contribution in [1.29, 1.82) is 0 Å². The van der Waals surface area contributed by atoms with E-state index in [-0.39, 0.29) is 6.04 Å². The normalized spacial score (nSPS) is 12.9. The number of hydrogen-bond acceptors (Lipinski definition) is 3. The van der Waals surface area contributed by atoms with Gasteiger partial charge in [0.05, 0.1) is 6.04 Å². The van der Waals surface area contributed by atoms with Gasteiger partial charge in [-0.15, -0.1) is 11.3 Å². The van der Waals surface area contributed by atoms with Crippen molar-refractivity contribution in [3.63, 3.8) is 0 Å². The maximum absolute atomic E-state index is 5.70. The van der Waals surface area contributed by atoms with Crippen LogP contribution in [0.5, 0.6) is 0 Å². The molecule has 3 heteroatoms. The highest BCUT2D eigenvalue weighted by Crippen LogP contribution is 2.26. The molecule has 1 aromatic heterocycles. The first-order valence-corrected chi connectivity index (χ1v) is 7.17. The molecule has 0 fully saturated rings. The van der Waals surface area contributed by atoms with Crippen LogP contribution in [-0.2, 0) is 6.42 Å². The molecule has 2 nitrogen and oxygen atoms in total. The highest BCUT2D eigenvalue weighted by molar-refractivity contribution is 7.10. The maximum Gasteiger partial charge on any atom is 0.0802 e. The standard InChI is InChI=1S/C15H20N2S/c1-11(2)9-12-5-3-6-13(10-12)15(17-16)14-7-4-8-18-14/h3-8,10-11,15,17H,9,16H2,1-2H3. The first kappa shape index (κ1) is 13.3. The summed E-state index contributed by atoms with van der Waals surface area (Å²) >= 11 is 1.73. The minimum Gasteiger partial charge on any atom is -0.271 e. The number of nitrogens with two attached hydrogens (primary N) is 1. The van der Waals surface area contributed by atoms with Crippen molar-refractivity contribution in [1.82, 2.24) is 5.43 Å². The number of hydrazine groups is 1. The van der Waals surface area contributed by atoms with E-state index in [4.69, 9.17) is 5.84 Å². The molecule has 1 atom stereocenters. The van der Waals surface area contributed by atoms with Gasteiger partial charge in [-0.05, 0) is 34.9 Å². The largest absolute Gasteiger partial charge is 0.271 e. The SMILES string of the molecule is CC(C)Cc1cccc(C(NN)c2cccs2)c1. The molecule has 18 heavy (non-hydrogen) atoms. The Hall–Kier alpha value is -1.16. The van der Waals surface area contributed by atoms with Gasteiger partial charge < -0.3 is 0 Å². The molecule has 1 unspecified atom stereocenters. The summed E-state index contributed by atoms with van der Waals surface area (Å²) in [6, 6.07) is 13.0. The highest BCUT2D eigenvalue weighted by Gasteiger charge is 2.13. The number of benzene rings is 1. The molecule has 1 heterocycles. The van der Waals surface area contributed by atoms with Crippen LogP contribution in [0.15, 0.2) is 41.8 Å². The topological polar surface area (TPSA) is 38.0 Å². The Bertz CT molecular complexity index is 477. The predicted octanol–water partition coefficient (Wildman–Crippen LogP) is 3.50. The zero-order valence-electron chi connectivity index (χ0n) is 10.9. The second-order valence-electron chi connectivity index (χ2n) is 4.96. The fourth-order valence-corrected chi connectivity index (χ4v) is 2.98. The Morgan fingerprint density at radius 1 is 1.22 bits per heavy atom. The van der Waals surface area contributed by atoms with Crippen molar-refractivity contribution in [2.75, 3.05) is 0 Å². The van der Waals surface area contributed by atoms with Gasteiger partial charge in [0.1, 0.15) is 0 Å². The van der Waals surface area contributed by atoms with Crippen LogP contribution in [0, 0.1) is 5.92 Å². The van der Waals surface area contributed by atoms with Gasteiger partial charge in [0.15, 0.2) is 0 Å². The van der Waals surface area contributed by atoms with Crippen LogP contribution in [0.4, 0.5) is 0 Å². The Kier molecular flexibility index (Phi) is 4.53. The summed E-state index contributed by atoms with van der Waals surface area (Å²) < 4.78 is 0. The summed E-state index contributed by atoms with van der Waals surface area (Å²) in [6.45, 7) is 4.48. The average molecular weight is 260 g/mol. The zero-order chi connectivity index (χ0) is 13.0. The van der Waals surface area contributed by atoms with Crippen molar-refractivity contribution in [3.8, 4) is 0 Å². The number of nitrogens with one attached hydrogen (secondary N) is 1. The van der Waals surface area contributed by atoms with E-state index < -0.39 is 0 Å². The van der Waals surface area contributed by atoms with Crippen molar-refractivity contribution in [2.45, 2.75) is 26.3 Å². The van der Waals surface area contributed by atoms with E-state index in [0.29, 0.717) is 5.92 Å². The number of rotatable bonds is 5. The van der Waals surface area contributed by atoms with Gasteiger partial charge in [-0.1, -0.05) is 44.2 Å². The molecule has 0 saturated carbocycles. The van der Waals surface area contributed by atoms with Crippen LogP contribution < -0.4 is 11.3 Å². The molecule has 0 aliphatic rings. The second kappa shape index (κ2) is 6.14. The predicted molar refractivity (Wildman–Crippen MR) is 78.5 cm³/mol. The lowest BCUT2D eigenvalue weighted by atomic mass is 9.98. The van der Waals surface area contributed by atoms with Gasteiger partial charge in [-0.2, -0.15) is 0 Å². The first-order chi connectivity index (χ1) is 8.70. The van der Waals surface area contributed by atoms with Gasteiger partial charge in [0, 0.05) is 4.88 Å². The fourth-order valence-electron chi connectivity index (χ4n) is 2.17. The van der Waals surface area contributed by atoms with Crippen molar-refractivity contribution >= 4 is 11.3 Å². The molecule has 2 rings (SSSR count). The lowest BCUT2D eigenvalue weighted by Crippen LogP contribution is -2.28. The van der Waals surface area contributed by atoms with Crippen LogP contribution in [-0.4, -0.2) is 0 Å². The monoisotopic (exact) mass is 260 g/mol.